The van der Waals surface area contributed by atoms with Crippen LogP contribution in [0.15, 0.2) is 88.7 Å². The lowest BCUT2D eigenvalue weighted by Crippen LogP contribution is -2.20. The van der Waals surface area contributed by atoms with Crippen LogP contribution in [0, 0.1) is 0 Å². The fourth-order valence-electron chi connectivity index (χ4n) is 2.76. The average Bonchev–Trinajstić information content (AvgIpc) is 3.22. The Morgan fingerprint density at radius 3 is 2.28 bits per heavy atom. The van der Waals surface area contributed by atoms with E-state index in [1.165, 1.54) is 11.3 Å². The van der Waals surface area contributed by atoms with Crippen LogP contribution >= 0.6 is 27.3 Å². The number of hydrogen-bond acceptors (Lipinski definition) is 4. The zero-order valence-corrected chi connectivity index (χ0v) is 17.7. The third-order valence-electron chi connectivity index (χ3n) is 4.22. The third kappa shape index (κ3) is 5.10. The number of aromatic nitrogens is 1. The monoisotopic (exact) mass is 464 g/mol. The van der Waals surface area contributed by atoms with E-state index in [1.54, 1.807) is 0 Å². The molecule has 0 unspecified atom stereocenters. The zero-order chi connectivity index (χ0) is 20.1. The van der Waals surface area contributed by atoms with Crippen molar-refractivity contribution in [2.45, 2.75) is 0 Å². The van der Waals surface area contributed by atoms with Crippen molar-refractivity contribution in [3.8, 4) is 28.1 Å². The molecule has 1 N–H and O–H groups in total. The molecule has 1 amide bonds. The second kappa shape index (κ2) is 9.03. The van der Waals surface area contributed by atoms with Crippen molar-refractivity contribution < 1.29 is 9.53 Å². The maximum absolute atomic E-state index is 12.2. The SMILES string of the molecule is O=C(COc1ccc(-c2ccccc2)cc1)Nc1nc(-c2ccc(Br)cc2)cs1. The summed E-state index contributed by atoms with van der Waals surface area (Å²) in [6.45, 7) is -0.0715. The summed E-state index contributed by atoms with van der Waals surface area (Å²) in [5.74, 6) is 0.406. The van der Waals surface area contributed by atoms with Crippen LogP contribution < -0.4 is 10.1 Å². The van der Waals surface area contributed by atoms with Crippen molar-refractivity contribution >= 4 is 38.3 Å². The molecule has 6 heteroatoms. The second-order valence-electron chi connectivity index (χ2n) is 6.27. The van der Waals surface area contributed by atoms with Gasteiger partial charge >= 0.3 is 0 Å². The lowest BCUT2D eigenvalue weighted by Gasteiger charge is -2.07. The normalized spacial score (nSPS) is 10.5. The molecule has 0 aliphatic heterocycles. The Hall–Kier alpha value is -2.96. The summed E-state index contributed by atoms with van der Waals surface area (Å²) in [5, 5.41) is 5.26. The fraction of sp³-hybridized carbons (Fsp3) is 0.0435. The molecule has 0 saturated carbocycles. The van der Waals surface area contributed by atoms with Crippen molar-refractivity contribution in [2.24, 2.45) is 0 Å². The van der Waals surface area contributed by atoms with E-state index in [-0.39, 0.29) is 12.5 Å². The van der Waals surface area contributed by atoms with Gasteiger partial charge in [-0.25, -0.2) is 4.98 Å². The number of anilines is 1. The van der Waals surface area contributed by atoms with Crippen molar-refractivity contribution in [1.29, 1.82) is 0 Å². The van der Waals surface area contributed by atoms with Crippen molar-refractivity contribution in [3.05, 3.63) is 88.7 Å². The van der Waals surface area contributed by atoms with E-state index in [4.69, 9.17) is 4.74 Å². The number of amides is 1. The Morgan fingerprint density at radius 1 is 0.897 bits per heavy atom. The van der Waals surface area contributed by atoms with Gasteiger partial charge in [0, 0.05) is 15.4 Å². The highest BCUT2D eigenvalue weighted by atomic mass is 79.9. The molecule has 0 aliphatic rings. The molecule has 3 aromatic carbocycles. The molecule has 0 fully saturated rings. The van der Waals surface area contributed by atoms with Crippen LogP contribution in [-0.4, -0.2) is 17.5 Å². The molecule has 0 radical (unpaired) electrons. The Kier molecular flexibility index (Phi) is 6.03. The molecule has 0 aliphatic carbocycles. The number of halogens is 1. The topological polar surface area (TPSA) is 51.2 Å². The summed E-state index contributed by atoms with van der Waals surface area (Å²) in [6, 6.07) is 25.7. The van der Waals surface area contributed by atoms with Crippen molar-refractivity contribution in [2.75, 3.05) is 11.9 Å². The van der Waals surface area contributed by atoms with Gasteiger partial charge in [0.2, 0.25) is 0 Å². The van der Waals surface area contributed by atoms with E-state index in [2.05, 4.69) is 38.4 Å². The molecule has 4 rings (SSSR count). The molecule has 1 aromatic heterocycles. The third-order valence-corrected chi connectivity index (χ3v) is 5.51. The van der Waals surface area contributed by atoms with Crippen LogP contribution in [0.5, 0.6) is 5.75 Å². The van der Waals surface area contributed by atoms with E-state index in [0.717, 1.165) is 26.9 Å². The maximum Gasteiger partial charge on any atom is 0.264 e. The van der Waals surface area contributed by atoms with E-state index in [9.17, 15) is 4.79 Å². The summed E-state index contributed by atoms with van der Waals surface area (Å²) < 4.78 is 6.61. The Bertz CT molecular complexity index is 1090. The molecule has 29 heavy (non-hydrogen) atoms. The van der Waals surface area contributed by atoms with Crippen LogP contribution in [0.2, 0.25) is 0 Å². The molecule has 0 spiro atoms. The molecule has 4 nitrogen and oxygen atoms in total. The van der Waals surface area contributed by atoms with E-state index in [0.29, 0.717) is 10.9 Å². The molecule has 1 heterocycles. The molecular formula is C23H17BrN2O2S. The predicted octanol–water partition coefficient (Wildman–Crippen LogP) is 6.26. The first-order valence-corrected chi connectivity index (χ1v) is 10.6. The highest BCUT2D eigenvalue weighted by Crippen LogP contribution is 2.26. The Balaban J connectivity index is 1.32. The van der Waals surface area contributed by atoms with E-state index >= 15 is 0 Å². The first-order valence-electron chi connectivity index (χ1n) is 8.97. The Labute approximate surface area is 181 Å². The summed E-state index contributed by atoms with van der Waals surface area (Å²) >= 11 is 4.81. The summed E-state index contributed by atoms with van der Waals surface area (Å²) in [5.41, 5.74) is 4.07. The lowest BCUT2D eigenvalue weighted by molar-refractivity contribution is -0.118. The minimum Gasteiger partial charge on any atom is -0.484 e. The van der Waals surface area contributed by atoms with Crippen LogP contribution in [-0.2, 0) is 4.79 Å². The van der Waals surface area contributed by atoms with Crippen LogP contribution in [0.4, 0.5) is 5.13 Å². The van der Waals surface area contributed by atoms with Gasteiger partial charge in [-0.05, 0) is 35.4 Å². The number of carbonyl (C=O) groups is 1. The molecule has 4 aromatic rings. The number of nitrogens with zero attached hydrogens (tertiary/aromatic N) is 1. The molecule has 144 valence electrons. The average molecular weight is 465 g/mol. The minimum atomic E-state index is -0.242. The Morgan fingerprint density at radius 2 is 1.55 bits per heavy atom. The van der Waals surface area contributed by atoms with Gasteiger partial charge in [0.25, 0.3) is 5.91 Å². The molecule has 0 atom stereocenters. The number of nitrogens with one attached hydrogen (secondary N) is 1. The van der Waals surface area contributed by atoms with Gasteiger partial charge in [-0.1, -0.05) is 70.5 Å². The van der Waals surface area contributed by atoms with Crippen LogP contribution in [0.3, 0.4) is 0 Å². The minimum absolute atomic E-state index is 0.0715. The number of ether oxygens (including phenoxy) is 1. The summed E-state index contributed by atoms with van der Waals surface area (Å²) in [6.07, 6.45) is 0. The van der Waals surface area contributed by atoms with Gasteiger partial charge in [0.15, 0.2) is 11.7 Å². The summed E-state index contributed by atoms with van der Waals surface area (Å²) in [4.78, 5) is 16.7. The predicted molar refractivity (Wildman–Crippen MR) is 121 cm³/mol. The zero-order valence-electron chi connectivity index (χ0n) is 15.3. The number of thiazole rings is 1. The second-order valence-corrected chi connectivity index (χ2v) is 8.05. The number of hydrogen-bond donors (Lipinski definition) is 1. The van der Waals surface area contributed by atoms with Crippen LogP contribution in [0.1, 0.15) is 0 Å². The standard InChI is InChI=1S/C23H17BrN2O2S/c24-19-10-6-18(7-11-19)21-15-29-23(25-21)26-22(27)14-28-20-12-8-17(9-13-20)16-4-2-1-3-5-16/h1-13,15H,14H2,(H,25,26,27). The van der Waals surface area contributed by atoms with Gasteiger partial charge < -0.3 is 4.74 Å². The maximum atomic E-state index is 12.2. The quantitative estimate of drug-likeness (QED) is 0.366. The number of benzene rings is 3. The highest BCUT2D eigenvalue weighted by molar-refractivity contribution is 9.10. The van der Waals surface area contributed by atoms with Crippen molar-refractivity contribution in [3.63, 3.8) is 0 Å². The van der Waals surface area contributed by atoms with Gasteiger partial charge in [-0.2, -0.15) is 0 Å². The summed E-state index contributed by atoms with van der Waals surface area (Å²) in [7, 11) is 0. The van der Waals surface area contributed by atoms with Gasteiger partial charge in [0.1, 0.15) is 5.75 Å². The first-order chi connectivity index (χ1) is 14.2. The van der Waals surface area contributed by atoms with E-state index < -0.39 is 0 Å². The molecule has 0 bridgehead atoms. The van der Waals surface area contributed by atoms with Gasteiger partial charge in [-0.15, -0.1) is 11.3 Å². The largest absolute Gasteiger partial charge is 0.484 e. The smallest absolute Gasteiger partial charge is 0.264 e. The first kappa shape index (κ1) is 19.4. The van der Waals surface area contributed by atoms with Crippen LogP contribution in [0.25, 0.3) is 22.4 Å². The van der Waals surface area contributed by atoms with Gasteiger partial charge in [-0.3, -0.25) is 10.1 Å². The molecule has 0 saturated heterocycles. The number of rotatable bonds is 6. The number of carbonyl (C=O) groups excluding carboxylic acids is 1. The molecular weight excluding hydrogens is 448 g/mol. The van der Waals surface area contributed by atoms with Gasteiger partial charge in [0.05, 0.1) is 5.69 Å². The fourth-order valence-corrected chi connectivity index (χ4v) is 3.76. The lowest BCUT2D eigenvalue weighted by atomic mass is 10.1. The van der Waals surface area contributed by atoms with Crippen molar-refractivity contribution in [1.82, 2.24) is 4.98 Å². The van der Waals surface area contributed by atoms with E-state index in [1.807, 2.05) is 72.1 Å². The highest BCUT2D eigenvalue weighted by Gasteiger charge is 2.09.